The third kappa shape index (κ3) is 6.86. The van der Waals surface area contributed by atoms with E-state index in [4.69, 9.17) is 0 Å². The van der Waals surface area contributed by atoms with E-state index >= 15 is 0 Å². The van der Waals surface area contributed by atoms with E-state index in [1.54, 1.807) is 30.3 Å². The van der Waals surface area contributed by atoms with E-state index in [1.807, 2.05) is 42.5 Å². The van der Waals surface area contributed by atoms with E-state index in [-0.39, 0.29) is 37.2 Å². The second kappa shape index (κ2) is 13.5. The summed E-state index contributed by atoms with van der Waals surface area (Å²) in [6.07, 6.45) is 0.142. The molecule has 1 aliphatic rings. The normalized spacial score (nSPS) is 13.2. The molecule has 0 saturated carbocycles. The van der Waals surface area contributed by atoms with Gasteiger partial charge in [-0.25, -0.2) is 13.2 Å². The number of rotatable bonds is 9. The number of aromatic nitrogens is 1. The number of Topliss-reactive ketones (excluding diaryl/α,β-unsaturated/α-hetero) is 2. The van der Waals surface area contributed by atoms with Gasteiger partial charge in [0, 0.05) is 67.6 Å². The Labute approximate surface area is 268 Å². The molecule has 0 unspecified atom stereocenters. The van der Waals surface area contributed by atoms with Gasteiger partial charge in [-0.3, -0.25) is 19.2 Å². The fourth-order valence-electron chi connectivity index (χ4n) is 5.96. The minimum absolute atomic E-state index is 0.0377. The molecule has 1 aliphatic heterocycles. The summed E-state index contributed by atoms with van der Waals surface area (Å²) in [4.78, 5) is 56.6. The highest BCUT2D eigenvalue weighted by Crippen LogP contribution is 2.27. The van der Waals surface area contributed by atoms with Crippen molar-refractivity contribution in [2.75, 3.05) is 31.1 Å². The molecule has 5 aromatic rings. The summed E-state index contributed by atoms with van der Waals surface area (Å²) in [5.41, 5.74) is 0.400. The number of pyridine rings is 1. The first kappa shape index (κ1) is 31.5. The topological polar surface area (TPSA) is 79.7 Å². The number of hydrogen-bond donors (Lipinski definition) is 0. The Morgan fingerprint density at radius 2 is 1.38 bits per heavy atom. The molecule has 0 atom stereocenters. The minimum atomic E-state index is -1.11. The highest BCUT2D eigenvalue weighted by molar-refractivity contribution is 6.40. The average Bonchev–Trinajstić information content (AvgIpc) is 3.07. The standard InChI is InChI=1S/C37H30F3N3O4/c38-27-19-31(39)29(32(40)20-27)17-25-18-30(36(46)43(23-25)22-24-7-2-1-3-8-24)34(44)21-35(45)37(47)42-15-13-41(14-16-42)33-12-6-10-26-9-4-5-11-28(26)33/h1-12,18-20,23H,13-17,21-22H2. The average molecular weight is 638 g/mol. The van der Waals surface area contributed by atoms with Gasteiger partial charge >= 0.3 is 0 Å². The number of amides is 1. The van der Waals surface area contributed by atoms with Crippen molar-refractivity contribution < 1.29 is 27.6 Å². The Kier molecular flexibility index (Phi) is 9.01. The van der Waals surface area contributed by atoms with Crippen LogP contribution in [-0.2, 0) is 22.6 Å². The number of benzene rings is 4. The molecule has 1 saturated heterocycles. The summed E-state index contributed by atoms with van der Waals surface area (Å²) in [5, 5.41) is 2.18. The van der Waals surface area contributed by atoms with Gasteiger partial charge in [0.2, 0.25) is 5.78 Å². The van der Waals surface area contributed by atoms with Gasteiger partial charge in [-0.05, 0) is 28.6 Å². The van der Waals surface area contributed by atoms with Gasteiger partial charge in [0.05, 0.1) is 18.5 Å². The van der Waals surface area contributed by atoms with E-state index in [0.29, 0.717) is 25.2 Å². The minimum Gasteiger partial charge on any atom is -0.367 e. The molecule has 6 rings (SSSR count). The quantitative estimate of drug-likeness (QED) is 0.120. The van der Waals surface area contributed by atoms with Gasteiger partial charge < -0.3 is 14.4 Å². The fourth-order valence-corrected chi connectivity index (χ4v) is 5.96. The number of hydrogen-bond acceptors (Lipinski definition) is 5. The molecule has 7 nitrogen and oxygen atoms in total. The van der Waals surface area contributed by atoms with Crippen LogP contribution in [-0.4, -0.2) is 53.1 Å². The lowest BCUT2D eigenvalue weighted by Crippen LogP contribution is -2.51. The summed E-state index contributed by atoms with van der Waals surface area (Å²) >= 11 is 0. The number of fused-ring (bicyclic) bond motifs is 1. The van der Waals surface area contributed by atoms with Crippen LogP contribution in [0.25, 0.3) is 10.8 Å². The van der Waals surface area contributed by atoms with Gasteiger partial charge in [0.1, 0.15) is 17.5 Å². The molecule has 1 aromatic heterocycles. The van der Waals surface area contributed by atoms with Gasteiger partial charge in [-0.1, -0.05) is 66.7 Å². The van der Waals surface area contributed by atoms with E-state index in [2.05, 4.69) is 4.90 Å². The van der Waals surface area contributed by atoms with Crippen molar-refractivity contribution in [2.45, 2.75) is 19.4 Å². The number of carbonyl (C=O) groups excluding carboxylic acids is 3. The van der Waals surface area contributed by atoms with Gasteiger partial charge in [0.15, 0.2) is 5.78 Å². The number of piperazine rings is 1. The maximum Gasteiger partial charge on any atom is 0.290 e. The SMILES string of the molecule is O=C(CC(=O)c1cc(Cc2c(F)cc(F)cc2F)cn(Cc2ccccc2)c1=O)C(=O)N1CCN(c2cccc3ccccc23)CC1. The molecule has 0 radical (unpaired) electrons. The number of nitrogens with zero attached hydrogens (tertiary/aromatic N) is 3. The lowest BCUT2D eigenvalue weighted by atomic mass is 10.00. The largest absolute Gasteiger partial charge is 0.367 e. The van der Waals surface area contributed by atoms with E-state index in [0.717, 1.165) is 22.0 Å². The Balaban J connectivity index is 1.19. The predicted molar refractivity (Wildman–Crippen MR) is 172 cm³/mol. The van der Waals surface area contributed by atoms with E-state index in [9.17, 15) is 32.3 Å². The van der Waals surface area contributed by atoms with Crippen LogP contribution in [0.3, 0.4) is 0 Å². The van der Waals surface area contributed by atoms with E-state index in [1.165, 1.54) is 21.7 Å². The van der Waals surface area contributed by atoms with Crippen molar-refractivity contribution in [1.82, 2.24) is 9.47 Å². The Bertz CT molecular complexity index is 2030. The molecule has 10 heteroatoms. The van der Waals surface area contributed by atoms with Gasteiger partial charge in [-0.15, -0.1) is 0 Å². The van der Waals surface area contributed by atoms with Crippen LogP contribution in [0.15, 0.2) is 102 Å². The van der Waals surface area contributed by atoms with Crippen molar-refractivity contribution in [2.24, 2.45) is 0 Å². The molecule has 4 aromatic carbocycles. The zero-order chi connectivity index (χ0) is 33.1. The third-order valence-electron chi connectivity index (χ3n) is 8.36. The highest BCUT2D eigenvalue weighted by atomic mass is 19.1. The molecule has 0 spiro atoms. The highest BCUT2D eigenvalue weighted by Gasteiger charge is 2.29. The first-order valence-corrected chi connectivity index (χ1v) is 15.2. The number of anilines is 1. The van der Waals surface area contributed by atoms with Crippen molar-refractivity contribution in [3.8, 4) is 0 Å². The fraction of sp³-hybridized carbons (Fsp3) is 0.189. The monoisotopic (exact) mass is 637 g/mol. The van der Waals surface area contributed by atoms with Crippen LogP contribution in [0.4, 0.5) is 18.9 Å². The number of ketones is 2. The molecule has 0 N–H and O–H groups in total. The second-order valence-electron chi connectivity index (χ2n) is 11.5. The van der Waals surface area contributed by atoms with Gasteiger partial charge in [-0.2, -0.15) is 0 Å². The third-order valence-corrected chi connectivity index (χ3v) is 8.36. The maximum atomic E-state index is 14.5. The molecular formula is C37H30F3N3O4. The van der Waals surface area contributed by atoms with Crippen LogP contribution in [0.2, 0.25) is 0 Å². The number of halogens is 3. The van der Waals surface area contributed by atoms with Crippen molar-refractivity contribution in [1.29, 1.82) is 0 Å². The molecule has 1 amide bonds. The Morgan fingerprint density at radius 1 is 0.723 bits per heavy atom. The molecule has 2 heterocycles. The molecule has 47 heavy (non-hydrogen) atoms. The smallest absolute Gasteiger partial charge is 0.290 e. The summed E-state index contributed by atoms with van der Waals surface area (Å²) in [6.45, 7) is 1.57. The van der Waals surface area contributed by atoms with Crippen LogP contribution < -0.4 is 10.5 Å². The van der Waals surface area contributed by atoms with Crippen LogP contribution >= 0.6 is 0 Å². The summed E-state index contributed by atoms with van der Waals surface area (Å²) in [5.74, 6) is -5.95. The lowest BCUT2D eigenvalue weighted by molar-refractivity contribution is -0.144. The second-order valence-corrected chi connectivity index (χ2v) is 11.5. The molecule has 1 fully saturated rings. The first-order valence-electron chi connectivity index (χ1n) is 15.2. The summed E-state index contributed by atoms with van der Waals surface area (Å²) in [6, 6.07) is 25.2. The van der Waals surface area contributed by atoms with Crippen molar-refractivity contribution >= 4 is 33.9 Å². The zero-order valence-corrected chi connectivity index (χ0v) is 25.3. The lowest BCUT2D eigenvalue weighted by Gasteiger charge is -2.36. The predicted octanol–water partition coefficient (Wildman–Crippen LogP) is 5.55. The van der Waals surface area contributed by atoms with Crippen molar-refractivity contribution in [3.05, 3.63) is 147 Å². The molecule has 0 bridgehead atoms. The maximum absolute atomic E-state index is 14.5. The first-order chi connectivity index (χ1) is 22.7. The molecule has 238 valence electrons. The van der Waals surface area contributed by atoms with Crippen LogP contribution in [0, 0.1) is 17.5 Å². The molecular weight excluding hydrogens is 607 g/mol. The Hall–Kier alpha value is -5.51. The zero-order valence-electron chi connectivity index (χ0n) is 25.3. The van der Waals surface area contributed by atoms with Crippen LogP contribution in [0.5, 0.6) is 0 Å². The molecule has 0 aliphatic carbocycles. The van der Waals surface area contributed by atoms with Gasteiger partial charge in [0.25, 0.3) is 11.5 Å². The number of carbonyl (C=O) groups is 3. The Morgan fingerprint density at radius 3 is 2.11 bits per heavy atom. The van der Waals surface area contributed by atoms with Crippen LogP contribution in [0.1, 0.15) is 33.5 Å². The van der Waals surface area contributed by atoms with E-state index < -0.39 is 52.5 Å². The van der Waals surface area contributed by atoms with Crippen molar-refractivity contribution in [3.63, 3.8) is 0 Å². The summed E-state index contributed by atoms with van der Waals surface area (Å²) < 4.78 is 43.7. The summed E-state index contributed by atoms with van der Waals surface area (Å²) in [7, 11) is 0.